The second-order valence-corrected chi connectivity index (χ2v) is 6.38. The van der Waals surface area contributed by atoms with Crippen LogP contribution in [0.3, 0.4) is 0 Å². The number of hydrogen-bond donors (Lipinski definition) is 1. The van der Waals surface area contributed by atoms with Crippen molar-refractivity contribution >= 4 is 5.91 Å². The van der Waals surface area contributed by atoms with Crippen LogP contribution in [0, 0.1) is 11.3 Å². The molecule has 4 unspecified atom stereocenters. The zero-order valence-corrected chi connectivity index (χ0v) is 11.8. The van der Waals surface area contributed by atoms with Crippen LogP contribution in [0.5, 0.6) is 0 Å². The maximum atomic E-state index is 12.6. The predicted molar refractivity (Wildman–Crippen MR) is 71.1 cm³/mol. The Kier molecular flexibility index (Phi) is 3.97. The lowest BCUT2D eigenvalue weighted by Crippen LogP contribution is -2.53. The molecule has 2 rings (SSSR count). The molecule has 2 aliphatic rings. The van der Waals surface area contributed by atoms with Gasteiger partial charge in [0, 0.05) is 19.1 Å². The molecule has 0 aromatic heterocycles. The van der Waals surface area contributed by atoms with Gasteiger partial charge in [-0.15, -0.1) is 0 Å². The Hall–Kier alpha value is -0.610. The number of nitrogens with two attached hydrogens (primary N) is 1. The zero-order valence-electron chi connectivity index (χ0n) is 11.8. The molecule has 104 valence electrons. The molecule has 1 saturated carbocycles. The van der Waals surface area contributed by atoms with Crippen LogP contribution >= 0.6 is 0 Å². The van der Waals surface area contributed by atoms with E-state index >= 15 is 0 Å². The third kappa shape index (κ3) is 2.41. The van der Waals surface area contributed by atoms with Crippen LogP contribution in [0.2, 0.25) is 0 Å². The second-order valence-electron chi connectivity index (χ2n) is 6.38. The lowest BCUT2D eigenvalue weighted by molar-refractivity contribution is -0.143. The predicted octanol–water partition coefficient (Wildman–Crippen LogP) is 1.39. The molecule has 1 heterocycles. The first-order valence-electron chi connectivity index (χ1n) is 7.05. The zero-order chi connectivity index (χ0) is 13.3. The van der Waals surface area contributed by atoms with Gasteiger partial charge in [-0.1, -0.05) is 19.8 Å². The van der Waals surface area contributed by atoms with Crippen LogP contribution in [0.25, 0.3) is 0 Å². The van der Waals surface area contributed by atoms with Gasteiger partial charge in [0.05, 0.1) is 18.6 Å². The van der Waals surface area contributed by atoms with Gasteiger partial charge in [-0.3, -0.25) is 4.79 Å². The highest BCUT2D eigenvalue weighted by atomic mass is 16.5. The molecule has 4 heteroatoms. The van der Waals surface area contributed by atoms with Gasteiger partial charge in [-0.05, 0) is 25.7 Å². The number of rotatable bonds is 2. The number of hydrogen-bond acceptors (Lipinski definition) is 3. The van der Waals surface area contributed by atoms with Gasteiger partial charge in [0.1, 0.15) is 0 Å². The molecule has 0 bridgehead atoms. The van der Waals surface area contributed by atoms with Crippen molar-refractivity contribution in [3.63, 3.8) is 0 Å². The lowest BCUT2D eigenvalue weighted by Gasteiger charge is -2.39. The molecular weight excluding hydrogens is 228 g/mol. The molecule has 0 spiro atoms. The van der Waals surface area contributed by atoms with Crippen molar-refractivity contribution in [3.05, 3.63) is 0 Å². The number of carbonyl (C=O) groups is 1. The fraction of sp³-hybridized carbons (Fsp3) is 0.929. The van der Waals surface area contributed by atoms with Crippen molar-refractivity contribution in [2.45, 2.75) is 51.6 Å². The first-order chi connectivity index (χ1) is 8.45. The highest BCUT2D eigenvalue weighted by Gasteiger charge is 2.46. The van der Waals surface area contributed by atoms with Gasteiger partial charge in [0.25, 0.3) is 0 Å². The highest BCUT2D eigenvalue weighted by molar-refractivity contribution is 5.83. The molecule has 1 aliphatic carbocycles. The van der Waals surface area contributed by atoms with Gasteiger partial charge in [-0.2, -0.15) is 0 Å². The maximum Gasteiger partial charge on any atom is 0.232 e. The topological polar surface area (TPSA) is 55.6 Å². The third-order valence-electron chi connectivity index (χ3n) is 4.78. The molecular formula is C14H26N2O2. The summed E-state index contributed by atoms with van der Waals surface area (Å²) >= 11 is 0. The lowest BCUT2D eigenvalue weighted by atomic mass is 9.81. The van der Waals surface area contributed by atoms with Crippen molar-refractivity contribution < 1.29 is 9.53 Å². The summed E-state index contributed by atoms with van der Waals surface area (Å²) in [6.07, 6.45) is 4.76. The summed E-state index contributed by atoms with van der Waals surface area (Å²) in [4.78, 5) is 14.6. The maximum absolute atomic E-state index is 12.6. The molecule has 0 aromatic carbocycles. The van der Waals surface area contributed by atoms with Gasteiger partial charge >= 0.3 is 0 Å². The Bertz CT molecular complexity index is 321. The van der Waals surface area contributed by atoms with E-state index < -0.39 is 5.41 Å². The fourth-order valence-electron chi connectivity index (χ4n) is 3.23. The summed E-state index contributed by atoms with van der Waals surface area (Å²) < 4.78 is 5.38. The van der Waals surface area contributed by atoms with Gasteiger partial charge in [-0.25, -0.2) is 0 Å². The molecule has 4 nitrogen and oxygen atoms in total. The highest BCUT2D eigenvalue weighted by Crippen LogP contribution is 2.33. The second kappa shape index (κ2) is 5.17. The normalized spacial score (nSPS) is 40.8. The summed E-state index contributed by atoms with van der Waals surface area (Å²) in [5.74, 6) is 0.881. The number of nitrogens with zero attached hydrogens (tertiary/aromatic N) is 1. The molecule has 1 amide bonds. The van der Waals surface area contributed by atoms with Crippen molar-refractivity contribution in [3.8, 4) is 0 Å². The Morgan fingerprint density at radius 1 is 1.44 bits per heavy atom. The minimum Gasteiger partial charge on any atom is -0.379 e. The molecule has 0 radical (unpaired) electrons. The molecule has 2 N–H and O–H groups in total. The standard InChI is InChI=1S/C14H26N2O2/c1-10-5-4-6-11(7-10)16(3)13(17)14(2)9-18-8-12(14)15/h10-12H,4-9,15H2,1-3H3. The molecule has 18 heavy (non-hydrogen) atoms. The van der Waals surface area contributed by atoms with Crippen LogP contribution in [-0.4, -0.2) is 43.2 Å². The van der Waals surface area contributed by atoms with Crippen molar-refractivity contribution in [2.24, 2.45) is 17.1 Å². The molecule has 1 saturated heterocycles. The van der Waals surface area contributed by atoms with Crippen LogP contribution < -0.4 is 5.73 Å². The van der Waals surface area contributed by atoms with Crippen molar-refractivity contribution in [1.29, 1.82) is 0 Å². The summed E-state index contributed by atoms with van der Waals surface area (Å²) in [6, 6.07) is 0.208. The Morgan fingerprint density at radius 2 is 2.17 bits per heavy atom. The molecule has 2 fully saturated rings. The van der Waals surface area contributed by atoms with E-state index in [4.69, 9.17) is 10.5 Å². The summed E-state index contributed by atoms with van der Waals surface area (Å²) in [6.45, 7) is 5.17. The van der Waals surface area contributed by atoms with E-state index in [9.17, 15) is 4.79 Å². The first kappa shape index (κ1) is 13.8. The van der Waals surface area contributed by atoms with E-state index in [1.54, 1.807) is 0 Å². The minimum absolute atomic E-state index is 0.159. The molecule has 1 aliphatic heterocycles. The smallest absolute Gasteiger partial charge is 0.232 e. The Labute approximate surface area is 110 Å². The van der Waals surface area contributed by atoms with E-state index in [0.29, 0.717) is 19.3 Å². The molecule has 4 atom stereocenters. The van der Waals surface area contributed by atoms with Gasteiger partial charge < -0.3 is 15.4 Å². The van der Waals surface area contributed by atoms with E-state index in [1.807, 2.05) is 18.9 Å². The average molecular weight is 254 g/mol. The molecule has 0 aromatic rings. The van der Waals surface area contributed by atoms with E-state index in [-0.39, 0.29) is 11.9 Å². The first-order valence-corrected chi connectivity index (χ1v) is 7.05. The van der Waals surface area contributed by atoms with Crippen LogP contribution in [0.1, 0.15) is 39.5 Å². The van der Waals surface area contributed by atoms with Crippen LogP contribution in [-0.2, 0) is 9.53 Å². The number of amides is 1. The quantitative estimate of drug-likeness (QED) is 0.810. The van der Waals surface area contributed by atoms with E-state index in [1.165, 1.54) is 12.8 Å². The van der Waals surface area contributed by atoms with E-state index in [0.717, 1.165) is 18.8 Å². The van der Waals surface area contributed by atoms with Gasteiger partial charge in [0.2, 0.25) is 5.91 Å². The monoisotopic (exact) mass is 254 g/mol. The van der Waals surface area contributed by atoms with Gasteiger partial charge in [0.15, 0.2) is 0 Å². The SMILES string of the molecule is CC1CCCC(N(C)C(=O)C2(C)COCC2N)C1. The minimum atomic E-state index is -0.532. The van der Waals surface area contributed by atoms with E-state index in [2.05, 4.69) is 6.92 Å². The Morgan fingerprint density at radius 3 is 2.72 bits per heavy atom. The summed E-state index contributed by atoms with van der Waals surface area (Å²) in [7, 11) is 1.93. The Balaban J connectivity index is 2.04. The summed E-state index contributed by atoms with van der Waals surface area (Å²) in [5.41, 5.74) is 5.50. The van der Waals surface area contributed by atoms with Crippen LogP contribution in [0.4, 0.5) is 0 Å². The van der Waals surface area contributed by atoms with Crippen molar-refractivity contribution in [2.75, 3.05) is 20.3 Å². The number of carbonyl (C=O) groups excluding carboxylic acids is 1. The largest absolute Gasteiger partial charge is 0.379 e. The number of ether oxygens (including phenoxy) is 1. The van der Waals surface area contributed by atoms with Crippen molar-refractivity contribution in [1.82, 2.24) is 4.90 Å². The fourth-order valence-corrected chi connectivity index (χ4v) is 3.23. The average Bonchev–Trinajstić information content (AvgIpc) is 2.69. The summed E-state index contributed by atoms with van der Waals surface area (Å²) in [5, 5.41) is 0. The van der Waals surface area contributed by atoms with Crippen LogP contribution in [0.15, 0.2) is 0 Å². The third-order valence-corrected chi connectivity index (χ3v) is 4.78.